The SMILES string of the molecule is COc1cc(OC)cc(N2N=C(C(=O)N(C)C(C)(C)C)C3COc4cc(OC)c(/C(C)=C/C(=C\NO)C(N)=O)cc4C32)c1. The van der Waals surface area contributed by atoms with Gasteiger partial charge in [-0.2, -0.15) is 5.10 Å². The van der Waals surface area contributed by atoms with Crippen LogP contribution in [0.5, 0.6) is 23.0 Å². The molecular weight excluding hydrogens is 554 g/mol. The molecule has 0 spiro atoms. The van der Waals surface area contributed by atoms with Crippen molar-refractivity contribution in [3.8, 4) is 23.0 Å². The second-order valence-corrected chi connectivity index (χ2v) is 11.3. The van der Waals surface area contributed by atoms with E-state index in [1.54, 1.807) is 56.3 Å². The van der Waals surface area contributed by atoms with Gasteiger partial charge in [-0.25, -0.2) is 0 Å². The Kier molecular flexibility index (Phi) is 8.90. The topological polar surface area (TPSA) is 148 Å². The summed E-state index contributed by atoms with van der Waals surface area (Å²) in [6.07, 6.45) is 2.64. The molecule has 2 aliphatic heterocycles. The third-order valence-corrected chi connectivity index (χ3v) is 7.71. The molecule has 4 rings (SSSR count). The number of carbonyl (C=O) groups is 2. The molecule has 2 atom stereocenters. The summed E-state index contributed by atoms with van der Waals surface area (Å²) in [7, 11) is 6.44. The van der Waals surface area contributed by atoms with Crippen molar-refractivity contribution in [1.82, 2.24) is 10.4 Å². The number of hydroxylamine groups is 1. The maximum Gasteiger partial charge on any atom is 0.270 e. The molecule has 2 heterocycles. The average Bonchev–Trinajstić information content (AvgIpc) is 3.38. The van der Waals surface area contributed by atoms with Gasteiger partial charge in [-0.15, -0.1) is 0 Å². The van der Waals surface area contributed by atoms with Crippen LogP contribution < -0.4 is 35.2 Å². The fourth-order valence-corrected chi connectivity index (χ4v) is 5.07. The minimum absolute atomic E-state index is 0.0568. The zero-order valence-corrected chi connectivity index (χ0v) is 25.7. The number of amides is 2. The first-order valence-electron chi connectivity index (χ1n) is 13.7. The summed E-state index contributed by atoms with van der Waals surface area (Å²) in [4.78, 5) is 27.5. The Morgan fingerprint density at radius 2 is 1.77 bits per heavy atom. The molecule has 0 aliphatic carbocycles. The van der Waals surface area contributed by atoms with Crippen LogP contribution in [-0.2, 0) is 9.59 Å². The maximum atomic E-state index is 13.9. The van der Waals surface area contributed by atoms with E-state index in [9.17, 15) is 9.59 Å². The van der Waals surface area contributed by atoms with E-state index in [1.165, 1.54) is 7.11 Å². The number of allylic oxidation sites excluding steroid dienone is 1. The van der Waals surface area contributed by atoms with Crippen LogP contribution in [0.25, 0.3) is 5.57 Å². The number of fused-ring (bicyclic) bond motifs is 3. The van der Waals surface area contributed by atoms with Crippen molar-refractivity contribution >= 4 is 28.8 Å². The largest absolute Gasteiger partial charge is 0.497 e. The quantitative estimate of drug-likeness (QED) is 0.225. The van der Waals surface area contributed by atoms with Crippen LogP contribution in [0, 0.1) is 5.92 Å². The summed E-state index contributed by atoms with van der Waals surface area (Å²) in [5.41, 5.74) is 10.1. The van der Waals surface area contributed by atoms with Gasteiger partial charge in [0.25, 0.3) is 5.91 Å². The third kappa shape index (κ3) is 6.09. The second kappa shape index (κ2) is 12.3. The Balaban J connectivity index is 1.92. The summed E-state index contributed by atoms with van der Waals surface area (Å²) in [6.45, 7) is 7.90. The summed E-state index contributed by atoms with van der Waals surface area (Å²) in [5, 5.41) is 15.9. The minimum Gasteiger partial charge on any atom is -0.497 e. The van der Waals surface area contributed by atoms with Gasteiger partial charge in [0, 0.05) is 54.2 Å². The van der Waals surface area contributed by atoms with E-state index in [-0.39, 0.29) is 18.1 Å². The van der Waals surface area contributed by atoms with Crippen molar-refractivity contribution in [2.45, 2.75) is 39.3 Å². The molecule has 0 saturated heterocycles. The van der Waals surface area contributed by atoms with Crippen LogP contribution in [0.1, 0.15) is 44.9 Å². The lowest BCUT2D eigenvalue weighted by Crippen LogP contribution is -2.48. The van der Waals surface area contributed by atoms with E-state index in [1.807, 2.05) is 44.5 Å². The van der Waals surface area contributed by atoms with Crippen LogP contribution in [0.15, 0.2) is 53.3 Å². The summed E-state index contributed by atoms with van der Waals surface area (Å²) >= 11 is 0. The molecule has 4 N–H and O–H groups in total. The predicted molar refractivity (Wildman–Crippen MR) is 163 cm³/mol. The smallest absolute Gasteiger partial charge is 0.270 e. The normalized spacial score (nSPS) is 18.2. The zero-order chi connectivity index (χ0) is 31.6. The molecular formula is C31H39N5O7. The highest BCUT2D eigenvalue weighted by molar-refractivity contribution is 6.40. The van der Waals surface area contributed by atoms with Gasteiger partial charge in [-0.1, -0.05) is 0 Å². The Morgan fingerprint density at radius 1 is 1.12 bits per heavy atom. The molecule has 2 aromatic carbocycles. The maximum absolute atomic E-state index is 13.9. The van der Waals surface area contributed by atoms with Crippen LogP contribution >= 0.6 is 0 Å². The lowest BCUT2D eigenvalue weighted by atomic mass is 9.85. The number of rotatable bonds is 9. The molecule has 2 aromatic rings. The van der Waals surface area contributed by atoms with Gasteiger partial charge in [0.05, 0.1) is 51.2 Å². The highest BCUT2D eigenvalue weighted by Crippen LogP contribution is 2.49. The van der Waals surface area contributed by atoms with E-state index in [0.29, 0.717) is 45.5 Å². The molecule has 0 saturated carbocycles. The number of carbonyl (C=O) groups excluding carboxylic acids is 2. The Morgan fingerprint density at radius 3 is 2.30 bits per heavy atom. The monoisotopic (exact) mass is 593 g/mol. The molecule has 0 fully saturated rings. The van der Waals surface area contributed by atoms with Gasteiger partial charge in [0.1, 0.15) is 28.7 Å². The molecule has 43 heavy (non-hydrogen) atoms. The van der Waals surface area contributed by atoms with E-state index in [2.05, 4.69) is 0 Å². The van der Waals surface area contributed by atoms with Gasteiger partial charge in [-0.3, -0.25) is 25.3 Å². The number of primary amides is 1. The number of nitrogens with zero attached hydrogens (tertiary/aromatic N) is 3. The fraction of sp³-hybridized carbons (Fsp3) is 0.387. The average molecular weight is 594 g/mol. The summed E-state index contributed by atoms with van der Waals surface area (Å²) in [5.74, 6) is 0.871. The minimum atomic E-state index is -0.727. The number of anilines is 1. The number of nitrogens with two attached hydrogens (primary N) is 1. The molecule has 2 amide bonds. The van der Waals surface area contributed by atoms with Gasteiger partial charge in [0.2, 0.25) is 5.91 Å². The van der Waals surface area contributed by atoms with Crippen molar-refractivity contribution < 1.29 is 33.7 Å². The first kappa shape index (κ1) is 31.2. The Hall–Kier alpha value is -4.71. The van der Waals surface area contributed by atoms with E-state index >= 15 is 0 Å². The number of hydrazone groups is 1. The van der Waals surface area contributed by atoms with Crippen LogP contribution in [-0.4, -0.2) is 68.2 Å². The van der Waals surface area contributed by atoms with Gasteiger partial charge in [-0.05, 0) is 45.4 Å². The number of hydrogen-bond acceptors (Lipinski definition) is 10. The third-order valence-electron chi connectivity index (χ3n) is 7.71. The molecule has 230 valence electrons. The van der Waals surface area contributed by atoms with Crippen LogP contribution in [0.3, 0.4) is 0 Å². The predicted octanol–water partition coefficient (Wildman–Crippen LogP) is 3.65. The molecule has 2 aliphatic rings. The fourth-order valence-electron chi connectivity index (χ4n) is 5.07. The zero-order valence-electron chi connectivity index (χ0n) is 25.7. The number of nitrogens with one attached hydrogen (secondary N) is 1. The standard InChI is InChI=1S/C31H39N5O7/c1-17(9-18(15-33-39)29(32)37)22-13-23-26(14-25(22)42-8)43-16-24-27(30(38)35(5)31(2,3)4)34-36(28(23)24)19-10-20(40-6)12-21(11-19)41-7/h9-15,24,28,33,39H,16H2,1-8H3,(H2,32,37)/b17-9+,18-15+. The number of ether oxygens (including phenoxy) is 4. The highest BCUT2D eigenvalue weighted by Gasteiger charge is 2.48. The Labute approximate surface area is 251 Å². The lowest BCUT2D eigenvalue weighted by molar-refractivity contribution is -0.127. The Bertz CT molecular complexity index is 1490. The molecule has 12 heteroatoms. The second-order valence-electron chi connectivity index (χ2n) is 11.3. The van der Waals surface area contributed by atoms with Crippen molar-refractivity contribution in [2.75, 3.05) is 40.0 Å². The molecule has 0 aromatic heterocycles. The van der Waals surface area contributed by atoms with Crippen LogP contribution in [0.2, 0.25) is 0 Å². The van der Waals surface area contributed by atoms with Crippen molar-refractivity contribution in [1.29, 1.82) is 0 Å². The molecule has 0 radical (unpaired) electrons. The number of methoxy groups -OCH3 is 3. The number of hydrogen-bond donors (Lipinski definition) is 3. The summed E-state index contributed by atoms with van der Waals surface area (Å²) in [6, 6.07) is 8.68. The van der Waals surface area contributed by atoms with Crippen molar-refractivity contribution in [3.05, 3.63) is 59.3 Å². The first-order chi connectivity index (χ1) is 20.3. The summed E-state index contributed by atoms with van der Waals surface area (Å²) < 4.78 is 23.0. The van der Waals surface area contributed by atoms with Crippen molar-refractivity contribution in [3.63, 3.8) is 0 Å². The van der Waals surface area contributed by atoms with Gasteiger partial charge < -0.3 is 29.6 Å². The van der Waals surface area contributed by atoms with Gasteiger partial charge in [0.15, 0.2) is 0 Å². The van der Waals surface area contributed by atoms with E-state index < -0.39 is 23.4 Å². The highest BCUT2D eigenvalue weighted by atomic mass is 16.5. The van der Waals surface area contributed by atoms with E-state index in [4.69, 9.17) is 35.0 Å². The van der Waals surface area contributed by atoms with Crippen LogP contribution in [0.4, 0.5) is 5.69 Å². The molecule has 12 nitrogen and oxygen atoms in total. The molecule has 2 unspecified atom stereocenters. The molecule has 0 bridgehead atoms. The van der Waals surface area contributed by atoms with Gasteiger partial charge >= 0.3 is 0 Å². The van der Waals surface area contributed by atoms with E-state index in [0.717, 1.165) is 11.8 Å². The van der Waals surface area contributed by atoms with Crippen molar-refractivity contribution in [2.24, 2.45) is 16.8 Å². The first-order valence-corrected chi connectivity index (χ1v) is 13.7. The number of benzene rings is 2. The lowest BCUT2D eigenvalue weighted by Gasteiger charge is -2.36.